The highest BCUT2D eigenvalue weighted by molar-refractivity contribution is 5.82. The zero-order valence-corrected chi connectivity index (χ0v) is 11.9. The molecule has 1 heterocycles. The molecule has 20 heavy (non-hydrogen) atoms. The summed E-state index contributed by atoms with van der Waals surface area (Å²) in [5.41, 5.74) is 3.52. The van der Waals surface area contributed by atoms with Gasteiger partial charge in [-0.15, -0.1) is 0 Å². The second kappa shape index (κ2) is 7.22. The third kappa shape index (κ3) is 4.18. The molecule has 0 aromatic heterocycles. The molecule has 2 rings (SSSR count). The molecular formula is C16H22N2O2. The number of hydrogen-bond acceptors (Lipinski definition) is 3. The average Bonchev–Trinajstić information content (AvgIpc) is 2.46. The number of benzene rings is 1. The van der Waals surface area contributed by atoms with Gasteiger partial charge in [-0.3, -0.25) is 4.79 Å². The lowest BCUT2D eigenvalue weighted by molar-refractivity contribution is -0.123. The van der Waals surface area contributed by atoms with E-state index in [0.717, 1.165) is 18.5 Å². The number of carbonyl (C=O) groups excluding carboxylic acids is 1. The summed E-state index contributed by atoms with van der Waals surface area (Å²) in [4.78, 5) is 12.1. The first kappa shape index (κ1) is 14.8. The molecule has 2 N–H and O–H groups in total. The third-order valence-electron chi connectivity index (χ3n) is 3.29. The van der Waals surface area contributed by atoms with Crippen molar-refractivity contribution < 1.29 is 9.53 Å². The lowest BCUT2D eigenvalue weighted by atomic mass is 9.95. The van der Waals surface area contributed by atoms with Gasteiger partial charge in [0.05, 0.1) is 19.3 Å². The number of carbonyl (C=O) groups is 1. The fourth-order valence-corrected chi connectivity index (χ4v) is 2.26. The van der Waals surface area contributed by atoms with Crippen molar-refractivity contribution >= 4 is 5.91 Å². The van der Waals surface area contributed by atoms with E-state index in [2.05, 4.69) is 29.3 Å². The van der Waals surface area contributed by atoms with Crippen LogP contribution in [0.25, 0.3) is 0 Å². The molecule has 1 amide bonds. The Morgan fingerprint density at radius 2 is 2.20 bits per heavy atom. The second-order valence-electron chi connectivity index (χ2n) is 5.21. The maximum Gasteiger partial charge on any atom is 0.237 e. The molecule has 0 saturated carbocycles. The van der Waals surface area contributed by atoms with Gasteiger partial charge in [-0.05, 0) is 24.5 Å². The molecule has 0 bridgehead atoms. The van der Waals surface area contributed by atoms with Crippen LogP contribution in [0.15, 0.2) is 36.4 Å². The van der Waals surface area contributed by atoms with Crippen molar-refractivity contribution in [3.05, 3.63) is 47.5 Å². The minimum atomic E-state index is -0.147. The maximum absolute atomic E-state index is 12.1. The minimum Gasteiger partial charge on any atom is -0.375 e. The smallest absolute Gasteiger partial charge is 0.237 e. The van der Waals surface area contributed by atoms with Gasteiger partial charge >= 0.3 is 0 Å². The predicted octanol–water partition coefficient (Wildman–Crippen LogP) is 1.41. The Labute approximate surface area is 120 Å². The van der Waals surface area contributed by atoms with Crippen molar-refractivity contribution in [1.82, 2.24) is 10.6 Å². The van der Waals surface area contributed by atoms with Crippen molar-refractivity contribution in [2.45, 2.75) is 25.9 Å². The number of hydrogen-bond donors (Lipinski definition) is 2. The highest BCUT2D eigenvalue weighted by Crippen LogP contribution is 2.16. The molecule has 0 spiro atoms. The summed E-state index contributed by atoms with van der Waals surface area (Å²) >= 11 is 0. The number of rotatable bonds is 6. The topological polar surface area (TPSA) is 50.4 Å². The molecule has 1 aromatic rings. The molecule has 1 aromatic carbocycles. The molecule has 1 aliphatic heterocycles. The Morgan fingerprint density at radius 3 is 2.95 bits per heavy atom. The lowest BCUT2D eigenvalue weighted by Gasteiger charge is -2.25. The molecule has 0 aliphatic carbocycles. The van der Waals surface area contributed by atoms with E-state index in [0.29, 0.717) is 19.8 Å². The summed E-state index contributed by atoms with van der Waals surface area (Å²) in [7, 11) is 0. The third-order valence-corrected chi connectivity index (χ3v) is 3.29. The summed E-state index contributed by atoms with van der Waals surface area (Å²) in [6.07, 6.45) is 0.745. The van der Waals surface area contributed by atoms with Crippen molar-refractivity contribution in [2.75, 3.05) is 19.8 Å². The Balaban J connectivity index is 1.73. The van der Waals surface area contributed by atoms with E-state index in [1.165, 1.54) is 11.1 Å². The van der Waals surface area contributed by atoms with Crippen LogP contribution in [0.2, 0.25) is 0 Å². The van der Waals surface area contributed by atoms with E-state index in [9.17, 15) is 4.79 Å². The normalized spacial score (nSPS) is 17.4. The Morgan fingerprint density at radius 1 is 1.45 bits per heavy atom. The van der Waals surface area contributed by atoms with Crippen LogP contribution in [-0.4, -0.2) is 31.7 Å². The van der Waals surface area contributed by atoms with Crippen LogP contribution < -0.4 is 10.6 Å². The molecule has 108 valence electrons. The summed E-state index contributed by atoms with van der Waals surface area (Å²) in [6, 6.07) is 8.09. The molecule has 1 atom stereocenters. The average molecular weight is 274 g/mol. The lowest BCUT2D eigenvalue weighted by Crippen LogP contribution is -2.48. The maximum atomic E-state index is 12.1. The van der Waals surface area contributed by atoms with Crippen molar-refractivity contribution in [3.63, 3.8) is 0 Å². The quantitative estimate of drug-likeness (QED) is 0.609. The number of amides is 1. The highest BCUT2D eigenvalue weighted by atomic mass is 16.5. The molecule has 4 heteroatoms. The first-order chi connectivity index (χ1) is 9.66. The summed E-state index contributed by atoms with van der Waals surface area (Å²) in [5.74, 6) is 0.0402. The first-order valence-electron chi connectivity index (χ1n) is 6.97. The van der Waals surface area contributed by atoms with Crippen molar-refractivity contribution in [3.8, 4) is 0 Å². The van der Waals surface area contributed by atoms with Gasteiger partial charge in [0.1, 0.15) is 0 Å². The number of fused-ring (bicyclic) bond motifs is 1. The van der Waals surface area contributed by atoms with Gasteiger partial charge in [0.15, 0.2) is 0 Å². The van der Waals surface area contributed by atoms with Crippen LogP contribution in [0.4, 0.5) is 0 Å². The number of nitrogens with one attached hydrogen (secondary N) is 2. The van der Waals surface area contributed by atoms with Gasteiger partial charge in [-0.2, -0.15) is 0 Å². The van der Waals surface area contributed by atoms with Crippen LogP contribution in [0.5, 0.6) is 0 Å². The van der Waals surface area contributed by atoms with E-state index >= 15 is 0 Å². The molecule has 0 unspecified atom stereocenters. The van der Waals surface area contributed by atoms with E-state index < -0.39 is 0 Å². The Bertz CT molecular complexity index is 485. The summed E-state index contributed by atoms with van der Waals surface area (Å²) in [5, 5.41) is 6.17. The summed E-state index contributed by atoms with van der Waals surface area (Å²) < 4.78 is 5.35. The summed E-state index contributed by atoms with van der Waals surface area (Å²) in [6.45, 7) is 8.03. The van der Waals surface area contributed by atoms with Crippen LogP contribution in [0, 0.1) is 0 Å². The molecule has 0 radical (unpaired) electrons. The van der Waals surface area contributed by atoms with E-state index in [1.54, 1.807) is 0 Å². The fraction of sp³-hybridized carbons (Fsp3) is 0.438. The SMILES string of the molecule is C=C(C)COCCNC(=O)[C@@H]1Cc2ccccc2CN1. The molecule has 0 fully saturated rings. The minimum absolute atomic E-state index is 0.0402. The monoisotopic (exact) mass is 274 g/mol. The van der Waals surface area contributed by atoms with Crippen molar-refractivity contribution in [2.24, 2.45) is 0 Å². The zero-order valence-electron chi connectivity index (χ0n) is 11.9. The molecule has 4 nitrogen and oxygen atoms in total. The largest absolute Gasteiger partial charge is 0.375 e. The first-order valence-corrected chi connectivity index (χ1v) is 6.97. The van der Waals surface area contributed by atoms with E-state index in [1.807, 2.05) is 19.1 Å². The van der Waals surface area contributed by atoms with E-state index in [-0.39, 0.29) is 11.9 Å². The van der Waals surface area contributed by atoms with Crippen LogP contribution >= 0.6 is 0 Å². The Hall–Kier alpha value is -1.65. The standard InChI is InChI=1S/C16H22N2O2/c1-12(2)11-20-8-7-17-16(19)15-9-13-5-3-4-6-14(13)10-18-15/h3-6,15,18H,1,7-11H2,2H3,(H,17,19)/t15-/m0/s1. The molecule has 0 saturated heterocycles. The fourth-order valence-electron chi connectivity index (χ4n) is 2.26. The molecule has 1 aliphatic rings. The van der Waals surface area contributed by atoms with Gasteiger partial charge in [0.25, 0.3) is 0 Å². The van der Waals surface area contributed by atoms with Crippen molar-refractivity contribution in [1.29, 1.82) is 0 Å². The van der Waals surface area contributed by atoms with Crippen LogP contribution in [-0.2, 0) is 22.5 Å². The second-order valence-corrected chi connectivity index (χ2v) is 5.21. The van der Waals surface area contributed by atoms with E-state index in [4.69, 9.17) is 4.74 Å². The Kier molecular flexibility index (Phi) is 5.32. The van der Waals surface area contributed by atoms with Gasteiger partial charge in [0.2, 0.25) is 5.91 Å². The zero-order chi connectivity index (χ0) is 14.4. The van der Waals surface area contributed by atoms with Gasteiger partial charge < -0.3 is 15.4 Å². The van der Waals surface area contributed by atoms with Gasteiger partial charge in [0, 0.05) is 13.1 Å². The van der Waals surface area contributed by atoms with Gasteiger partial charge in [-0.25, -0.2) is 0 Å². The van der Waals surface area contributed by atoms with Crippen LogP contribution in [0.3, 0.4) is 0 Å². The predicted molar refractivity (Wildman–Crippen MR) is 79.4 cm³/mol. The number of ether oxygens (including phenoxy) is 1. The molecular weight excluding hydrogens is 252 g/mol. The highest BCUT2D eigenvalue weighted by Gasteiger charge is 2.23. The van der Waals surface area contributed by atoms with Crippen LogP contribution in [0.1, 0.15) is 18.1 Å². The van der Waals surface area contributed by atoms with Gasteiger partial charge in [-0.1, -0.05) is 36.4 Å².